The van der Waals surface area contributed by atoms with E-state index in [1.807, 2.05) is 0 Å². The molecule has 1 heterocycles. The van der Waals surface area contributed by atoms with Crippen molar-refractivity contribution >= 4 is 12.1 Å². The molecule has 1 saturated carbocycles. The molecule has 2 rings (SSSR count). The molecule has 5 nitrogen and oxygen atoms in total. The maximum absolute atomic E-state index is 11.5. The first-order valence-corrected chi connectivity index (χ1v) is 6.25. The smallest absolute Gasteiger partial charge is 0.408 e. The highest BCUT2D eigenvalue weighted by molar-refractivity contribution is 5.83. The van der Waals surface area contributed by atoms with E-state index in [0.717, 1.165) is 6.42 Å². The van der Waals surface area contributed by atoms with Gasteiger partial charge in [0.05, 0.1) is 13.2 Å². The van der Waals surface area contributed by atoms with E-state index in [0.29, 0.717) is 5.92 Å². The topological polar surface area (TPSA) is 64.6 Å². The number of carbonyl (C=O) groups excluding carboxylic acids is 2. The number of hydrogen-bond acceptors (Lipinski definition) is 4. The highest BCUT2D eigenvalue weighted by Crippen LogP contribution is 2.29. The van der Waals surface area contributed by atoms with Gasteiger partial charge in [0.1, 0.15) is 0 Å². The Balaban J connectivity index is 1.92. The van der Waals surface area contributed by atoms with E-state index in [9.17, 15) is 9.59 Å². The zero-order valence-corrected chi connectivity index (χ0v) is 10.1. The SMILES string of the molecule is COC(=O)[C@@H]1OC(=O)N[C@H]1CC1CCCCC1. The number of amides is 1. The summed E-state index contributed by atoms with van der Waals surface area (Å²) in [4.78, 5) is 22.7. The van der Waals surface area contributed by atoms with E-state index in [1.165, 1.54) is 39.2 Å². The standard InChI is InChI=1S/C12H19NO4/c1-16-11(14)10-9(13-12(15)17-10)7-8-5-3-2-4-6-8/h8-10H,2-7H2,1H3,(H,13,15)/t9-,10+/m0/s1. The van der Waals surface area contributed by atoms with Gasteiger partial charge in [0.15, 0.2) is 0 Å². The summed E-state index contributed by atoms with van der Waals surface area (Å²) >= 11 is 0. The van der Waals surface area contributed by atoms with Crippen LogP contribution >= 0.6 is 0 Å². The minimum atomic E-state index is -0.769. The first kappa shape index (κ1) is 12.2. The van der Waals surface area contributed by atoms with Crippen LogP contribution < -0.4 is 5.32 Å². The first-order chi connectivity index (χ1) is 8.20. The van der Waals surface area contributed by atoms with Crippen LogP contribution in [-0.2, 0) is 14.3 Å². The predicted octanol–water partition coefficient (Wildman–Crippen LogP) is 1.61. The molecule has 5 heteroatoms. The van der Waals surface area contributed by atoms with Crippen molar-refractivity contribution in [1.82, 2.24) is 5.32 Å². The molecule has 0 radical (unpaired) electrons. The number of nitrogens with one attached hydrogen (secondary N) is 1. The molecule has 2 atom stereocenters. The van der Waals surface area contributed by atoms with Gasteiger partial charge >= 0.3 is 12.1 Å². The number of rotatable bonds is 3. The van der Waals surface area contributed by atoms with Crippen LogP contribution in [0.2, 0.25) is 0 Å². The summed E-state index contributed by atoms with van der Waals surface area (Å²) in [7, 11) is 1.31. The summed E-state index contributed by atoms with van der Waals surface area (Å²) < 4.78 is 9.59. The Labute approximate surface area is 101 Å². The summed E-state index contributed by atoms with van der Waals surface area (Å²) in [6, 6.07) is -0.224. The third-order valence-electron chi connectivity index (χ3n) is 3.65. The lowest BCUT2D eigenvalue weighted by Gasteiger charge is -2.25. The Morgan fingerprint density at radius 1 is 1.41 bits per heavy atom. The molecule has 1 amide bonds. The van der Waals surface area contributed by atoms with Crippen molar-refractivity contribution in [2.45, 2.75) is 50.7 Å². The second-order valence-electron chi connectivity index (χ2n) is 4.84. The highest BCUT2D eigenvalue weighted by Gasteiger charge is 2.41. The molecule has 0 bridgehead atoms. The van der Waals surface area contributed by atoms with E-state index >= 15 is 0 Å². The van der Waals surface area contributed by atoms with Crippen molar-refractivity contribution in [1.29, 1.82) is 0 Å². The molecule has 17 heavy (non-hydrogen) atoms. The van der Waals surface area contributed by atoms with Gasteiger partial charge in [-0.05, 0) is 12.3 Å². The number of cyclic esters (lactones) is 1. The number of hydrogen-bond donors (Lipinski definition) is 1. The fraction of sp³-hybridized carbons (Fsp3) is 0.833. The summed E-state index contributed by atoms with van der Waals surface area (Å²) in [5.41, 5.74) is 0. The van der Waals surface area contributed by atoms with Gasteiger partial charge in [0.2, 0.25) is 6.10 Å². The Bertz CT molecular complexity index is 299. The van der Waals surface area contributed by atoms with Gasteiger partial charge in [-0.15, -0.1) is 0 Å². The number of alkyl carbamates (subject to hydrolysis) is 1. The van der Waals surface area contributed by atoms with E-state index in [-0.39, 0.29) is 6.04 Å². The molecule has 0 spiro atoms. The van der Waals surface area contributed by atoms with E-state index < -0.39 is 18.2 Å². The van der Waals surface area contributed by atoms with Crippen molar-refractivity contribution in [3.8, 4) is 0 Å². The van der Waals surface area contributed by atoms with Crippen LogP contribution in [-0.4, -0.2) is 31.3 Å². The monoisotopic (exact) mass is 241 g/mol. The van der Waals surface area contributed by atoms with Crippen molar-refractivity contribution < 1.29 is 19.1 Å². The van der Waals surface area contributed by atoms with Crippen LogP contribution in [0, 0.1) is 5.92 Å². The van der Waals surface area contributed by atoms with Gasteiger partial charge in [-0.25, -0.2) is 9.59 Å². The molecule has 2 fully saturated rings. The first-order valence-electron chi connectivity index (χ1n) is 6.25. The quantitative estimate of drug-likeness (QED) is 0.762. The zero-order chi connectivity index (χ0) is 12.3. The summed E-state index contributed by atoms with van der Waals surface area (Å²) in [6.45, 7) is 0. The third-order valence-corrected chi connectivity index (χ3v) is 3.65. The molecule has 1 N–H and O–H groups in total. The molecule has 0 aromatic rings. The van der Waals surface area contributed by atoms with Crippen LogP contribution in [0.4, 0.5) is 4.79 Å². The average Bonchev–Trinajstić information content (AvgIpc) is 2.70. The van der Waals surface area contributed by atoms with Crippen LogP contribution in [0.3, 0.4) is 0 Å². The molecule has 96 valence electrons. The van der Waals surface area contributed by atoms with Crippen molar-refractivity contribution in [3.63, 3.8) is 0 Å². The van der Waals surface area contributed by atoms with Crippen molar-refractivity contribution in [3.05, 3.63) is 0 Å². The van der Waals surface area contributed by atoms with Gasteiger partial charge in [-0.3, -0.25) is 0 Å². The van der Waals surface area contributed by atoms with Crippen LogP contribution in [0.1, 0.15) is 38.5 Å². The Hall–Kier alpha value is -1.26. The Morgan fingerprint density at radius 3 is 2.76 bits per heavy atom. The van der Waals surface area contributed by atoms with Gasteiger partial charge < -0.3 is 14.8 Å². The second kappa shape index (κ2) is 5.38. The molecule has 2 aliphatic rings. The van der Waals surface area contributed by atoms with Gasteiger partial charge in [0.25, 0.3) is 0 Å². The van der Waals surface area contributed by atoms with E-state index in [2.05, 4.69) is 10.1 Å². The molecular formula is C12H19NO4. The number of ether oxygens (including phenoxy) is 2. The maximum Gasteiger partial charge on any atom is 0.408 e. The average molecular weight is 241 g/mol. The fourth-order valence-corrected chi connectivity index (χ4v) is 2.75. The lowest BCUT2D eigenvalue weighted by molar-refractivity contribution is -0.149. The Morgan fingerprint density at radius 2 is 2.12 bits per heavy atom. The molecule has 1 aliphatic heterocycles. The zero-order valence-electron chi connectivity index (χ0n) is 10.1. The largest absolute Gasteiger partial charge is 0.466 e. The predicted molar refractivity (Wildman–Crippen MR) is 60.4 cm³/mol. The number of methoxy groups -OCH3 is 1. The van der Waals surface area contributed by atoms with Gasteiger partial charge in [-0.1, -0.05) is 32.1 Å². The Kier molecular flexibility index (Phi) is 3.86. The lowest BCUT2D eigenvalue weighted by atomic mass is 9.84. The summed E-state index contributed by atoms with van der Waals surface area (Å²) in [6.07, 6.45) is 5.68. The minimum Gasteiger partial charge on any atom is -0.466 e. The number of esters is 1. The molecule has 1 aliphatic carbocycles. The van der Waals surface area contributed by atoms with Crippen LogP contribution in [0.15, 0.2) is 0 Å². The summed E-state index contributed by atoms with van der Waals surface area (Å²) in [5, 5.41) is 2.70. The molecule has 0 aromatic heterocycles. The van der Waals surface area contributed by atoms with Crippen molar-refractivity contribution in [2.24, 2.45) is 5.92 Å². The lowest BCUT2D eigenvalue weighted by Crippen LogP contribution is -2.39. The molecule has 0 aromatic carbocycles. The van der Waals surface area contributed by atoms with E-state index in [4.69, 9.17) is 4.74 Å². The van der Waals surface area contributed by atoms with Crippen molar-refractivity contribution in [2.75, 3.05) is 7.11 Å². The number of carbonyl (C=O) groups is 2. The minimum absolute atomic E-state index is 0.224. The molecule has 0 unspecified atom stereocenters. The van der Waals surface area contributed by atoms with Crippen LogP contribution in [0.5, 0.6) is 0 Å². The second-order valence-corrected chi connectivity index (χ2v) is 4.84. The molecule has 1 saturated heterocycles. The van der Waals surface area contributed by atoms with E-state index in [1.54, 1.807) is 0 Å². The fourth-order valence-electron chi connectivity index (χ4n) is 2.75. The van der Waals surface area contributed by atoms with Crippen LogP contribution in [0.25, 0.3) is 0 Å². The maximum atomic E-state index is 11.5. The third kappa shape index (κ3) is 2.90. The van der Waals surface area contributed by atoms with Gasteiger partial charge in [0, 0.05) is 0 Å². The molecular weight excluding hydrogens is 222 g/mol. The van der Waals surface area contributed by atoms with Gasteiger partial charge in [-0.2, -0.15) is 0 Å². The summed E-state index contributed by atoms with van der Waals surface area (Å²) in [5.74, 6) is 0.118. The highest BCUT2D eigenvalue weighted by atomic mass is 16.6. The normalized spacial score (nSPS) is 29.6.